The lowest BCUT2D eigenvalue weighted by molar-refractivity contribution is -0.0334. The molecule has 5 nitrogen and oxygen atoms in total. The first kappa shape index (κ1) is 19.5. The average Bonchev–Trinajstić information content (AvgIpc) is 2.61. The highest BCUT2D eigenvalue weighted by Gasteiger charge is 2.22. The number of ether oxygens (including phenoxy) is 1. The second kappa shape index (κ2) is 10.2. The zero-order chi connectivity index (χ0) is 18.1. The maximum absolute atomic E-state index is 9.22. The minimum Gasteiger partial charge on any atom is -0.396 e. The lowest BCUT2D eigenvalue weighted by Gasteiger charge is -2.25. The number of aliphatic hydroxyl groups excluding tert-OH is 2. The summed E-state index contributed by atoms with van der Waals surface area (Å²) in [4.78, 5) is 9.19. The van der Waals surface area contributed by atoms with Crippen molar-refractivity contribution < 1.29 is 14.9 Å². The van der Waals surface area contributed by atoms with Crippen LogP contribution in [0.25, 0.3) is 0 Å². The van der Waals surface area contributed by atoms with Gasteiger partial charge in [-0.05, 0) is 63.8 Å². The van der Waals surface area contributed by atoms with E-state index >= 15 is 0 Å². The van der Waals surface area contributed by atoms with Crippen molar-refractivity contribution in [1.82, 2.24) is 9.97 Å². The molecule has 136 valence electrons. The molecular weight excluding hydrogens is 316 g/mol. The van der Waals surface area contributed by atoms with Crippen LogP contribution in [0, 0.1) is 13.8 Å². The lowest BCUT2D eigenvalue weighted by atomic mass is 10.1. The van der Waals surface area contributed by atoms with Crippen molar-refractivity contribution in [2.45, 2.75) is 51.7 Å². The minimum absolute atomic E-state index is 0.121. The molecule has 2 heterocycles. The van der Waals surface area contributed by atoms with Crippen molar-refractivity contribution in [3.05, 3.63) is 59.2 Å². The van der Waals surface area contributed by atoms with E-state index < -0.39 is 0 Å². The smallest absolute Gasteiger partial charge is 0.100 e. The number of pyridine rings is 2. The fourth-order valence-corrected chi connectivity index (χ4v) is 2.81. The predicted molar refractivity (Wildman–Crippen MR) is 97.2 cm³/mol. The first-order valence-corrected chi connectivity index (χ1v) is 8.88. The van der Waals surface area contributed by atoms with Crippen molar-refractivity contribution in [1.29, 1.82) is 0 Å². The van der Waals surface area contributed by atoms with Crippen LogP contribution in [0.5, 0.6) is 0 Å². The average molecular weight is 344 g/mol. The topological polar surface area (TPSA) is 75.5 Å². The van der Waals surface area contributed by atoms with Crippen molar-refractivity contribution in [2.24, 2.45) is 0 Å². The fourth-order valence-electron chi connectivity index (χ4n) is 2.81. The van der Waals surface area contributed by atoms with E-state index in [4.69, 9.17) is 4.74 Å². The lowest BCUT2D eigenvalue weighted by Crippen LogP contribution is -2.15. The number of aromatic nitrogens is 2. The maximum Gasteiger partial charge on any atom is 0.100 e. The third-order valence-corrected chi connectivity index (χ3v) is 4.06. The van der Waals surface area contributed by atoms with Gasteiger partial charge in [-0.3, -0.25) is 9.97 Å². The molecule has 5 heteroatoms. The number of aliphatic hydroxyl groups is 2. The van der Waals surface area contributed by atoms with Gasteiger partial charge in [-0.2, -0.15) is 0 Å². The quantitative estimate of drug-likeness (QED) is 0.690. The second-order valence-corrected chi connectivity index (χ2v) is 6.25. The normalized spacial score (nSPS) is 13.6. The Kier molecular flexibility index (Phi) is 7.98. The summed E-state index contributed by atoms with van der Waals surface area (Å²) < 4.78 is 6.39. The molecule has 0 aliphatic rings. The predicted octanol–water partition coefficient (Wildman–Crippen LogP) is 3.44. The third-order valence-electron chi connectivity index (χ3n) is 4.06. The second-order valence-electron chi connectivity index (χ2n) is 6.25. The summed E-state index contributed by atoms with van der Waals surface area (Å²) >= 11 is 0. The number of nitrogens with zero attached hydrogens (tertiary/aromatic N) is 2. The molecule has 2 atom stereocenters. The van der Waals surface area contributed by atoms with Crippen LogP contribution in [-0.2, 0) is 4.74 Å². The van der Waals surface area contributed by atoms with Gasteiger partial charge in [0.2, 0.25) is 0 Å². The van der Waals surface area contributed by atoms with Crippen LogP contribution in [0.3, 0.4) is 0 Å². The summed E-state index contributed by atoms with van der Waals surface area (Å²) in [6.45, 7) is 4.15. The summed E-state index contributed by atoms with van der Waals surface area (Å²) in [7, 11) is 0. The number of aryl methyl sites for hydroxylation is 2. The summed E-state index contributed by atoms with van der Waals surface area (Å²) in [5.74, 6) is 0. The van der Waals surface area contributed by atoms with Crippen LogP contribution in [0.1, 0.15) is 60.7 Å². The Balaban J connectivity index is 2.24. The molecule has 25 heavy (non-hydrogen) atoms. The van der Waals surface area contributed by atoms with E-state index in [1.807, 2.05) is 50.2 Å². The van der Waals surface area contributed by atoms with E-state index in [9.17, 15) is 10.2 Å². The Hall–Kier alpha value is -1.82. The summed E-state index contributed by atoms with van der Waals surface area (Å²) in [5.41, 5.74) is 3.62. The molecule has 0 fully saturated rings. The summed E-state index contributed by atoms with van der Waals surface area (Å²) in [5, 5.41) is 18.4. The molecule has 0 amide bonds. The molecule has 2 rings (SSSR count). The van der Waals surface area contributed by atoms with Gasteiger partial charge < -0.3 is 14.9 Å². The van der Waals surface area contributed by atoms with Crippen molar-refractivity contribution in [3.63, 3.8) is 0 Å². The van der Waals surface area contributed by atoms with Gasteiger partial charge in [0.05, 0.1) is 11.4 Å². The zero-order valence-corrected chi connectivity index (χ0v) is 15.1. The van der Waals surface area contributed by atoms with Crippen LogP contribution in [0.4, 0.5) is 0 Å². The Morgan fingerprint density at radius 1 is 0.800 bits per heavy atom. The Morgan fingerprint density at radius 3 is 1.60 bits per heavy atom. The van der Waals surface area contributed by atoms with Crippen LogP contribution in [0.2, 0.25) is 0 Å². The molecule has 0 radical (unpaired) electrons. The third kappa shape index (κ3) is 6.20. The molecular formula is C20H28N2O3. The largest absolute Gasteiger partial charge is 0.396 e. The highest BCUT2D eigenvalue weighted by Crippen LogP contribution is 2.31. The van der Waals surface area contributed by atoms with E-state index in [1.54, 1.807) is 0 Å². The molecule has 0 aliphatic carbocycles. The number of hydrogen-bond donors (Lipinski definition) is 2. The summed E-state index contributed by atoms with van der Waals surface area (Å²) in [6.07, 6.45) is 2.25. The Bertz CT molecular complexity index is 593. The van der Waals surface area contributed by atoms with Crippen LogP contribution in [-0.4, -0.2) is 33.4 Å². The molecule has 0 saturated heterocycles. The highest BCUT2D eigenvalue weighted by atomic mass is 16.5. The highest BCUT2D eigenvalue weighted by molar-refractivity contribution is 5.15. The molecule has 0 saturated carbocycles. The van der Waals surface area contributed by atoms with Crippen LogP contribution < -0.4 is 0 Å². The number of hydrogen-bond acceptors (Lipinski definition) is 5. The first-order chi connectivity index (χ1) is 12.1. The monoisotopic (exact) mass is 344 g/mol. The molecule has 0 aliphatic heterocycles. The SMILES string of the molecule is Cc1cccc(C(CCCO)OC(CCCO)c2cccc(C)n2)n1. The molecule has 0 spiro atoms. The van der Waals surface area contributed by atoms with Gasteiger partial charge in [-0.15, -0.1) is 0 Å². The van der Waals surface area contributed by atoms with Gasteiger partial charge in [0.1, 0.15) is 12.2 Å². The number of rotatable bonds is 10. The van der Waals surface area contributed by atoms with Crippen LogP contribution in [0.15, 0.2) is 36.4 Å². The van der Waals surface area contributed by atoms with Gasteiger partial charge >= 0.3 is 0 Å². The molecule has 2 aromatic heterocycles. The van der Waals surface area contributed by atoms with Crippen molar-refractivity contribution >= 4 is 0 Å². The van der Waals surface area contributed by atoms with Gasteiger partial charge in [0.25, 0.3) is 0 Å². The van der Waals surface area contributed by atoms with E-state index in [0.717, 1.165) is 22.8 Å². The molecule has 2 N–H and O–H groups in total. The van der Waals surface area contributed by atoms with E-state index in [2.05, 4.69) is 9.97 Å². The van der Waals surface area contributed by atoms with E-state index in [0.29, 0.717) is 25.7 Å². The van der Waals surface area contributed by atoms with E-state index in [1.165, 1.54) is 0 Å². The fraction of sp³-hybridized carbons (Fsp3) is 0.500. The molecule has 0 aromatic carbocycles. The standard InChI is InChI=1S/C20H28N2O3/c1-15-7-3-9-17(21-15)19(11-5-13-23)25-20(12-6-14-24)18-10-4-8-16(2)22-18/h3-4,7-10,19-20,23-24H,5-6,11-14H2,1-2H3. The Labute approximate surface area is 149 Å². The Morgan fingerprint density at radius 2 is 1.24 bits per heavy atom. The minimum atomic E-state index is -0.210. The van der Waals surface area contributed by atoms with Gasteiger partial charge in [-0.1, -0.05) is 12.1 Å². The maximum atomic E-state index is 9.22. The molecule has 0 bridgehead atoms. The zero-order valence-electron chi connectivity index (χ0n) is 15.1. The molecule has 2 unspecified atom stereocenters. The van der Waals surface area contributed by atoms with Gasteiger partial charge in [0, 0.05) is 24.6 Å². The van der Waals surface area contributed by atoms with Gasteiger partial charge in [-0.25, -0.2) is 0 Å². The van der Waals surface area contributed by atoms with Crippen molar-refractivity contribution in [2.75, 3.05) is 13.2 Å². The van der Waals surface area contributed by atoms with Crippen LogP contribution >= 0.6 is 0 Å². The molecule has 2 aromatic rings. The van der Waals surface area contributed by atoms with E-state index in [-0.39, 0.29) is 25.4 Å². The summed E-state index contributed by atoms with van der Waals surface area (Å²) in [6, 6.07) is 11.8. The van der Waals surface area contributed by atoms with Crippen molar-refractivity contribution in [3.8, 4) is 0 Å². The van der Waals surface area contributed by atoms with Gasteiger partial charge in [0.15, 0.2) is 0 Å². The first-order valence-electron chi connectivity index (χ1n) is 8.88.